The second-order valence-electron chi connectivity index (χ2n) is 7.31. The van der Waals surface area contributed by atoms with Gasteiger partial charge in [-0.25, -0.2) is 14.4 Å². The zero-order chi connectivity index (χ0) is 19.9. The van der Waals surface area contributed by atoms with Gasteiger partial charge in [0.25, 0.3) is 0 Å². The Hall–Kier alpha value is -2.42. The minimum Gasteiger partial charge on any atom is -0.488 e. The average molecular weight is 397 g/mol. The van der Waals surface area contributed by atoms with Crippen LogP contribution in [0.2, 0.25) is 0 Å². The van der Waals surface area contributed by atoms with Crippen LogP contribution in [0.1, 0.15) is 18.7 Å². The largest absolute Gasteiger partial charge is 0.488 e. The van der Waals surface area contributed by atoms with Gasteiger partial charge in [-0.1, -0.05) is 0 Å². The highest BCUT2D eigenvalue weighted by Crippen LogP contribution is 2.39. The number of halogens is 4. The molecule has 5 nitrogen and oxygen atoms in total. The number of fused-ring (bicyclic) bond motifs is 1. The lowest BCUT2D eigenvalue weighted by Gasteiger charge is -2.35. The molecule has 9 heteroatoms. The fourth-order valence-electron chi connectivity index (χ4n) is 4.05. The zero-order valence-corrected chi connectivity index (χ0v) is 14.8. The van der Waals surface area contributed by atoms with Crippen molar-refractivity contribution in [3.05, 3.63) is 48.2 Å². The van der Waals surface area contributed by atoms with Crippen LogP contribution in [0.25, 0.3) is 0 Å². The average Bonchev–Trinajstić information content (AvgIpc) is 3.06. The van der Waals surface area contributed by atoms with Crippen LogP contribution in [-0.2, 0) is 6.18 Å². The lowest BCUT2D eigenvalue weighted by Crippen LogP contribution is -2.42. The minimum absolute atomic E-state index is 0.146. The van der Waals surface area contributed by atoms with Crippen molar-refractivity contribution < 1.29 is 27.4 Å². The number of aliphatic hydroxyl groups is 1. The summed E-state index contributed by atoms with van der Waals surface area (Å²) in [5.74, 6) is -0.499. The van der Waals surface area contributed by atoms with E-state index in [1.54, 1.807) is 4.90 Å². The maximum Gasteiger partial charge on any atom is 0.451 e. The van der Waals surface area contributed by atoms with Gasteiger partial charge in [0.15, 0.2) is 0 Å². The summed E-state index contributed by atoms with van der Waals surface area (Å²) in [6, 6.07) is 7.06. The van der Waals surface area contributed by atoms with Gasteiger partial charge in [0, 0.05) is 19.3 Å². The third-order valence-corrected chi connectivity index (χ3v) is 5.40. The fourth-order valence-corrected chi connectivity index (χ4v) is 4.05. The van der Waals surface area contributed by atoms with E-state index in [9.17, 15) is 22.7 Å². The number of ether oxygens (including phenoxy) is 1. The molecule has 150 valence electrons. The molecule has 0 unspecified atom stereocenters. The molecular formula is C19H19F4N3O2. The summed E-state index contributed by atoms with van der Waals surface area (Å²) >= 11 is 0. The van der Waals surface area contributed by atoms with E-state index in [0.29, 0.717) is 31.7 Å². The predicted molar refractivity (Wildman–Crippen MR) is 92.3 cm³/mol. The van der Waals surface area contributed by atoms with Crippen LogP contribution in [0, 0.1) is 17.7 Å². The summed E-state index contributed by atoms with van der Waals surface area (Å²) in [5, 5.41) is 10.4. The molecule has 1 saturated heterocycles. The van der Waals surface area contributed by atoms with Crippen molar-refractivity contribution in [1.29, 1.82) is 0 Å². The Balaban J connectivity index is 1.45. The van der Waals surface area contributed by atoms with E-state index in [1.165, 1.54) is 30.3 Å². The molecule has 2 heterocycles. The van der Waals surface area contributed by atoms with Crippen LogP contribution >= 0.6 is 0 Å². The van der Waals surface area contributed by atoms with Crippen molar-refractivity contribution in [3.8, 4) is 5.75 Å². The van der Waals surface area contributed by atoms with Crippen molar-refractivity contribution in [3.63, 3.8) is 0 Å². The predicted octanol–water partition coefficient (Wildman–Crippen LogP) is 3.29. The molecule has 4 atom stereocenters. The first-order valence-corrected chi connectivity index (χ1v) is 9.05. The minimum atomic E-state index is -4.59. The molecule has 2 aromatic rings. The van der Waals surface area contributed by atoms with Gasteiger partial charge in [0.1, 0.15) is 23.5 Å². The number of hydrogen-bond donors (Lipinski definition) is 1. The molecular weight excluding hydrogens is 378 g/mol. The summed E-state index contributed by atoms with van der Waals surface area (Å²) in [6.07, 6.45) is -3.55. The molecule has 1 aliphatic carbocycles. The molecule has 0 spiro atoms. The van der Waals surface area contributed by atoms with Gasteiger partial charge in [0.2, 0.25) is 5.82 Å². The highest BCUT2D eigenvalue weighted by Gasteiger charge is 2.43. The maximum atomic E-state index is 13.0. The lowest BCUT2D eigenvalue weighted by atomic mass is 9.78. The number of benzene rings is 1. The highest BCUT2D eigenvalue weighted by molar-refractivity contribution is 5.40. The van der Waals surface area contributed by atoms with Crippen LogP contribution in [0.4, 0.5) is 23.4 Å². The standard InChI is InChI=1S/C19H19F4N3O2/c20-13-1-3-14(4-2-13)28-16-8-12-10-26(9-11(12)7-15(16)27)17-5-6-24-18(25-17)19(21,22)23/h1-6,11-12,15-16,27H,7-10H2/t11-,12+,15+,16+/m0/s1. The Morgan fingerprint density at radius 3 is 2.39 bits per heavy atom. The monoisotopic (exact) mass is 397 g/mol. The van der Waals surface area contributed by atoms with Gasteiger partial charge in [-0.2, -0.15) is 13.2 Å². The molecule has 1 aliphatic heterocycles. The molecule has 28 heavy (non-hydrogen) atoms. The Morgan fingerprint density at radius 2 is 1.71 bits per heavy atom. The first-order chi connectivity index (χ1) is 13.3. The summed E-state index contributed by atoms with van der Waals surface area (Å²) < 4.78 is 57.5. The summed E-state index contributed by atoms with van der Waals surface area (Å²) in [4.78, 5) is 8.76. The number of nitrogens with zero attached hydrogens (tertiary/aromatic N) is 3. The summed E-state index contributed by atoms with van der Waals surface area (Å²) in [7, 11) is 0. The summed E-state index contributed by atoms with van der Waals surface area (Å²) in [6.45, 7) is 1.06. The summed E-state index contributed by atoms with van der Waals surface area (Å²) in [5.41, 5.74) is 0. The number of rotatable bonds is 3. The molecule has 1 aromatic heterocycles. The van der Waals surface area contributed by atoms with Crippen molar-refractivity contribution in [2.24, 2.45) is 11.8 Å². The first-order valence-electron chi connectivity index (χ1n) is 9.05. The van der Waals surface area contributed by atoms with Gasteiger partial charge >= 0.3 is 6.18 Å². The third kappa shape index (κ3) is 3.89. The first kappa shape index (κ1) is 18.9. The van der Waals surface area contributed by atoms with Crippen molar-refractivity contribution >= 4 is 5.82 Å². The molecule has 2 fully saturated rings. The van der Waals surface area contributed by atoms with Gasteiger partial charge in [-0.15, -0.1) is 0 Å². The van der Waals surface area contributed by atoms with Crippen LogP contribution in [0.3, 0.4) is 0 Å². The maximum absolute atomic E-state index is 13.0. The van der Waals surface area contributed by atoms with Crippen molar-refractivity contribution in [2.75, 3.05) is 18.0 Å². The molecule has 0 bridgehead atoms. The van der Waals surface area contributed by atoms with E-state index in [2.05, 4.69) is 9.97 Å². The number of aromatic nitrogens is 2. The highest BCUT2D eigenvalue weighted by atomic mass is 19.4. The Kier molecular flexibility index (Phi) is 4.86. The molecule has 0 amide bonds. The molecule has 1 saturated carbocycles. The van der Waals surface area contributed by atoms with E-state index < -0.39 is 24.2 Å². The molecule has 1 N–H and O–H groups in total. The van der Waals surface area contributed by atoms with Crippen LogP contribution in [0.15, 0.2) is 36.5 Å². The third-order valence-electron chi connectivity index (χ3n) is 5.40. The lowest BCUT2D eigenvalue weighted by molar-refractivity contribution is -0.144. The van der Waals surface area contributed by atoms with Crippen molar-refractivity contribution in [1.82, 2.24) is 9.97 Å². The zero-order valence-electron chi connectivity index (χ0n) is 14.8. The van der Waals surface area contributed by atoms with E-state index in [1.807, 2.05) is 0 Å². The fraction of sp³-hybridized carbons (Fsp3) is 0.474. The number of anilines is 1. The molecule has 1 aromatic carbocycles. The van der Waals surface area contributed by atoms with E-state index in [0.717, 1.165) is 6.20 Å². The van der Waals surface area contributed by atoms with Gasteiger partial charge in [-0.05, 0) is 55.0 Å². The van der Waals surface area contributed by atoms with Crippen LogP contribution in [0.5, 0.6) is 5.75 Å². The second-order valence-corrected chi connectivity index (χ2v) is 7.31. The Bertz CT molecular complexity index is 831. The van der Waals surface area contributed by atoms with Gasteiger partial charge in [0.05, 0.1) is 6.10 Å². The van der Waals surface area contributed by atoms with E-state index >= 15 is 0 Å². The van der Waals surface area contributed by atoms with Gasteiger partial charge < -0.3 is 14.7 Å². The molecule has 2 aliphatic rings. The number of aliphatic hydroxyl groups excluding tert-OH is 1. The van der Waals surface area contributed by atoms with Crippen LogP contribution < -0.4 is 9.64 Å². The number of hydrogen-bond acceptors (Lipinski definition) is 5. The quantitative estimate of drug-likeness (QED) is 0.806. The van der Waals surface area contributed by atoms with Crippen molar-refractivity contribution in [2.45, 2.75) is 31.2 Å². The van der Waals surface area contributed by atoms with Crippen LogP contribution in [-0.4, -0.2) is 40.4 Å². The topological polar surface area (TPSA) is 58.5 Å². The van der Waals surface area contributed by atoms with E-state index in [-0.39, 0.29) is 23.5 Å². The second kappa shape index (κ2) is 7.20. The normalized spacial score (nSPS) is 27.5. The number of alkyl halides is 3. The Labute approximate surface area is 159 Å². The SMILES string of the molecule is O[C@@H]1C[C@H]2CN(c3ccnc(C(F)(F)F)n3)C[C@H]2C[C@H]1Oc1ccc(F)cc1. The van der Waals surface area contributed by atoms with Gasteiger partial charge in [-0.3, -0.25) is 0 Å². The Morgan fingerprint density at radius 1 is 1.04 bits per heavy atom. The smallest absolute Gasteiger partial charge is 0.451 e. The molecule has 0 radical (unpaired) electrons. The molecule has 4 rings (SSSR count). The van der Waals surface area contributed by atoms with E-state index in [4.69, 9.17) is 4.74 Å².